The van der Waals surface area contributed by atoms with E-state index in [0.717, 1.165) is 44.1 Å². The summed E-state index contributed by atoms with van der Waals surface area (Å²) >= 11 is 5.90. The van der Waals surface area contributed by atoms with E-state index in [1.165, 1.54) is 6.26 Å². The van der Waals surface area contributed by atoms with Gasteiger partial charge in [-0.05, 0) is 30.5 Å². The molecule has 4 rings (SSSR count). The molecule has 9 heteroatoms. The number of aromatic nitrogens is 2. The molecule has 8 nitrogen and oxygen atoms in total. The fourth-order valence-corrected chi connectivity index (χ4v) is 3.70. The van der Waals surface area contributed by atoms with Crippen LogP contribution in [0.4, 0.5) is 11.6 Å². The number of carbonyl (C=O) groups is 1. The van der Waals surface area contributed by atoms with Gasteiger partial charge in [0.1, 0.15) is 18.0 Å². The van der Waals surface area contributed by atoms with E-state index in [0.29, 0.717) is 25.3 Å². The highest BCUT2D eigenvalue weighted by atomic mass is 35.5. The second kappa shape index (κ2) is 8.14. The van der Waals surface area contributed by atoms with Gasteiger partial charge in [0.2, 0.25) is 5.22 Å². The number of amides is 1. The van der Waals surface area contributed by atoms with Gasteiger partial charge >= 0.3 is 0 Å². The van der Waals surface area contributed by atoms with Crippen molar-refractivity contribution < 1.29 is 13.9 Å². The molecule has 1 unspecified atom stereocenters. The molecule has 4 heterocycles. The molecule has 144 valence electrons. The maximum Gasteiger partial charge on any atom is 0.256 e. The number of piperidine rings is 1. The van der Waals surface area contributed by atoms with Crippen LogP contribution in [0.5, 0.6) is 0 Å². The minimum Gasteiger partial charge on any atom is -0.452 e. The number of nitrogens with zero attached hydrogens (tertiary/aromatic N) is 4. The summed E-state index contributed by atoms with van der Waals surface area (Å²) < 4.78 is 10.4. The Labute approximate surface area is 162 Å². The Morgan fingerprint density at radius 3 is 2.70 bits per heavy atom. The van der Waals surface area contributed by atoms with Crippen LogP contribution in [0.3, 0.4) is 0 Å². The van der Waals surface area contributed by atoms with Crippen molar-refractivity contribution >= 4 is 29.1 Å². The monoisotopic (exact) mass is 391 g/mol. The lowest BCUT2D eigenvalue weighted by Crippen LogP contribution is -2.48. The van der Waals surface area contributed by atoms with E-state index in [1.807, 2.05) is 6.07 Å². The number of morpholine rings is 1. The molecule has 1 atom stereocenters. The molecule has 0 bridgehead atoms. The highest BCUT2D eigenvalue weighted by Gasteiger charge is 2.25. The SMILES string of the molecule is O=C(NC1CCCN(c2cc(N3CCOCC3)ncn2)C1)c1ccoc1Cl. The summed E-state index contributed by atoms with van der Waals surface area (Å²) in [6.45, 7) is 4.70. The maximum atomic E-state index is 12.4. The van der Waals surface area contributed by atoms with E-state index in [-0.39, 0.29) is 17.2 Å². The first-order valence-corrected chi connectivity index (χ1v) is 9.52. The van der Waals surface area contributed by atoms with Gasteiger partial charge in [0.25, 0.3) is 5.91 Å². The molecule has 0 saturated carbocycles. The third-order valence-corrected chi connectivity index (χ3v) is 5.21. The standard InChI is InChI=1S/C18H22ClN5O3/c19-17-14(3-7-27-17)18(25)22-13-2-1-4-24(11-13)16-10-15(20-12-21-16)23-5-8-26-9-6-23/h3,7,10,12-13H,1-2,4-6,8-9,11H2,(H,22,25). The molecular weight excluding hydrogens is 370 g/mol. The number of halogens is 1. The fourth-order valence-electron chi connectivity index (χ4n) is 3.50. The molecule has 2 saturated heterocycles. The van der Waals surface area contributed by atoms with Gasteiger partial charge in [-0.3, -0.25) is 4.79 Å². The van der Waals surface area contributed by atoms with Crippen molar-refractivity contribution in [2.24, 2.45) is 0 Å². The minimum absolute atomic E-state index is 0.0269. The van der Waals surface area contributed by atoms with Crippen molar-refractivity contribution in [2.45, 2.75) is 18.9 Å². The Balaban J connectivity index is 1.42. The maximum absolute atomic E-state index is 12.4. The number of furan rings is 1. The van der Waals surface area contributed by atoms with E-state index >= 15 is 0 Å². The Hall–Kier alpha value is -2.32. The quantitative estimate of drug-likeness (QED) is 0.852. The molecular formula is C18H22ClN5O3. The minimum atomic E-state index is -0.211. The smallest absolute Gasteiger partial charge is 0.256 e. The number of nitrogens with one attached hydrogen (secondary N) is 1. The summed E-state index contributed by atoms with van der Waals surface area (Å²) in [5, 5.41) is 3.16. The van der Waals surface area contributed by atoms with Crippen LogP contribution < -0.4 is 15.1 Å². The summed E-state index contributed by atoms with van der Waals surface area (Å²) in [4.78, 5) is 25.6. The molecule has 2 aliphatic heterocycles. The van der Waals surface area contributed by atoms with E-state index in [9.17, 15) is 4.79 Å². The Morgan fingerprint density at radius 2 is 1.96 bits per heavy atom. The van der Waals surface area contributed by atoms with Crippen LogP contribution in [0.15, 0.2) is 29.1 Å². The summed E-state index contributed by atoms with van der Waals surface area (Å²) in [5.74, 6) is 1.59. The number of ether oxygens (including phenoxy) is 1. The van der Waals surface area contributed by atoms with Gasteiger partial charge in [0.05, 0.1) is 25.0 Å². The summed E-state index contributed by atoms with van der Waals surface area (Å²) in [7, 11) is 0. The third kappa shape index (κ3) is 4.17. The number of anilines is 2. The zero-order chi connectivity index (χ0) is 18.6. The zero-order valence-electron chi connectivity index (χ0n) is 14.9. The van der Waals surface area contributed by atoms with Crippen molar-refractivity contribution in [3.8, 4) is 0 Å². The highest BCUT2D eigenvalue weighted by molar-refractivity contribution is 6.32. The van der Waals surface area contributed by atoms with Crippen molar-refractivity contribution in [1.29, 1.82) is 0 Å². The van der Waals surface area contributed by atoms with Gasteiger partial charge in [-0.25, -0.2) is 9.97 Å². The van der Waals surface area contributed by atoms with Crippen molar-refractivity contribution in [1.82, 2.24) is 15.3 Å². The molecule has 1 amide bonds. The van der Waals surface area contributed by atoms with Gasteiger partial charge in [-0.15, -0.1) is 0 Å². The number of rotatable bonds is 4. The van der Waals surface area contributed by atoms with Crippen LogP contribution in [0.25, 0.3) is 0 Å². The van der Waals surface area contributed by atoms with Gasteiger partial charge in [-0.1, -0.05) is 0 Å². The van der Waals surface area contributed by atoms with Crippen LogP contribution in [0.1, 0.15) is 23.2 Å². The summed E-state index contributed by atoms with van der Waals surface area (Å²) in [6.07, 6.45) is 4.91. The lowest BCUT2D eigenvalue weighted by Gasteiger charge is -2.34. The van der Waals surface area contributed by atoms with Gasteiger partial charge in [0, 0.05) is 38.3 Å². The largest absolute Gasteiger partial charge is 0.452 e. The number of carbonyl (C=O) groups excluding carboxylic acids is 1. The molecule has 2 aromatic heterocycles. The van der Waals surface area contributed by atoms with Crippen molar-refractivity contribution in [3.05, 3.63) is 35.5 Å². The molecule has 27 heavy (non-hydrogen) atoms. The van der Waals surface area contributed by atoms with Crippen LogP contribution in [0, 0.1) is 0 Å². The van der Waals surface area contributed by atoms with Crippen LogP contribution in [-0.2, 0) is 4.74 Å². The topological polar surface area (TPSA) is 83.7 Å². The zero-order valence-corrected chi connectivity index (χ0v) is 15.7. The molecule has 2 fully saturated rings. The van der Waals surface area contributed by atoms with Gasteiger partial charge < -0.3 is 24.3 Å². The van der Waals surface area contributed by atoms with Crippen LogP contribution >= 0.6 is 11.6 Å². The summed E-state index contributed by atoms with van der Waals surface area (Å²) in [5.41, 5.74) is 0.366. The van der Waals surface area contributed by atoms with Crippen molar-refractivity contribution in [3.63, 3.8) is 0 Å². The highest BCUT2D eigenvalue weighted by Crippen LogP contribution is 2.23. The second-order valence-corrected chi connectivity index (χ2v) is 7.04. The van der Waals surface area contributed by atoms with Crippen LogP contribution in [-0.4, -0.2) is 61.3 Å². The average molecular weight is 392 g/mol. The Bertz CT molecular complexity index is 793. The first-order valence-electron chi connectivity index (χ1n) is 9.14. The van der Waals surface area contributed by atoms with E-state index in [1.54, 1.807) is 12.4 Å². The molecule has 0 aromatic carbocycles. The molecule has 2 aromatic rings. The molecule has 1 N–H and O–H groups in total. The third-order valence-electron chi connectivity index (χ3n) is 4.92. The lowest BCUT2D eigenvalue weighted by atomic mass is 10.1. The second-order valence-electron chi connectivity index (χ2n) is 6.70. The van der Waals surface area contributed by atoms with Crippen molar-refractivity contribution in [2.75, 3.05) is 49.2 Å². The lowest BCUT2D eigenvalue weighted by molar-refractivity contribution is 0.0932. The normalized spacial score (nSPS) is 20.6. The average Bonchev–Trinajstić information content (AvgIpc) is 3.15. The van der Waals surface area contributed by atoms with E-state index < -0.39 is 0 Å². The van der Waals surface area contributed by atoms with E-state index in [4.69, 9.17) is 20.8 Å². The molecule has 0 spiro atoms. The Kier molecular flexibility index (Phi) is 5.45. The molecule has 0 radical (unpaired) electrons. The van der Waals surface area contributed by atoms with Gasteiger partial charge in [0.15, 0.2) is 0 Å². The predicted octanol–water partition coefficient (Wildman–Crippen LogP) is 1.96. The number of hydrogen-bond acceptors (Lipinski definition) is 7. The van der Waals surface area contributed by atoms with E-state index in [2.05, 4.69) is 25.1 Å². The fraction of sp³-hybridized carbons (Fsp3) is 0.500. The first-order chi connectivity index (χ1) is 13.2. The predicted molar refractivity (Wildman–Crippen MR) is 101 cm³/mol. The van der Waals surface area contributed by atoms with Crippen LogP contribution in [0.2, 0.25) is 5.22 Å². The Morgan fingerprint density at radius 1 is 1.19 bits per heavy atom. The summed E-state index contributed by atoms with van der Waals surface area (Å²) in [6, 6.07) is 3.62. The molecule has 0 aliphatic carbocycles. The van der Waals surface area contributed by atoms with Gasteiger partial charge in [-0.2, -0.15) is 0 Å². The number of hydrogen-bond donors (Lipinski definition) is 1. The first kappa shape index (κ1) is 18.1. The molecule has 2 aliphatic rings.